The first-order chi connectivity index (χ1) is 8.46. The molecule has 1 aliphatic rings. The smallest absolute Gasteiger partial charge is 0.151 e. The van der Waals surface area contributed by atoms with Crippen LogP contribution in [0.3, 0.4) is 0 Å². The van der Waals surface area contributed by atoms with Crippen molar-refractivity contribution in [3.05, 3.63) is 0 Å². The van der Waals surface area contributed by atoms with Gasteiger partial charge < -0.3 is 10.1 Å². The fraction of sp³-hybridized carbons (Fsp3) is 1.00. The first-order valence-corrected chi connectivity index (χ1v) is 8.40. The summed E-state index contributed by atoms with van der Waals surface area (Å²) in [6.45, 7) is 4.73. The second-order valence-electron chi connectivity index (χ2n) is 5.12. The largest absolute Gasteiger partial charge is 0.385 e. The molecule has 0 aromatic rings. The van der Waals surface area contributed by atoms with Gasteiger partial charge in [-0.2, -0.15) is 0 Å². The van der Waals surface area contributed by atoms with Crippen LogP contribution in [0.4, 0.5) is 0 Å². The minimum absolute atomic E-state index is 0.186. The molecule has 0 saturated carbocycles. The van der Waals surface area contributed by atoms with Crippen LogP contribution in [0, 0.1) is 0 Å². The standard InChI is InChI=1S/C12H26N2O3S/c1-11(9-13-6-4-7-17-3)14(2)12-5-8-18(15,16)10-12/h11-13H,4-10H2,1-3H3. The van der Waals surface area contributed by atoms with Gasteiger partial charge in [-0.05, 0) is 33.4 Å². The van der Waals surface area contributed by atoms with E-state index in [2.05, 4.69) is 17.1 Å². The maximum Gasteiger partial charge on any atom is 0.151 e. The molecule has 1 heterocycles. The van der Waals surface area contributed by atoms with Crippen molar-refractivity contribution in [3.8, 4) is 0 Å². The highest BCUT2D eigenvalue weighted by Crippen LogP contribution is 2.18. The molecule has 0 aromatic heterocycles. The molecular formula is C12H26N2O3S. The summed E-state index contributed by atoms with van der Waals surface area (Å²) in [7, 11) is 0.941. The van der Waals surface area contributed by atoms with E-state index in [1.165, 1.54) is 0 Å². The Labute approximate surface area is 111 Å². The van der Waals surface area contributed by atoms with Gasteiger partial charge in [-0.25, -0.2) is 8.42 Å². The molecule has 0 radical (unpaired) electrons. The second-order valence-corrected chi connectivity index (χ2v) is 7.35. The minimum Gasteiger partial charge on any atom is -0.385 e. The Balaban J connectivity index is 2.23. The first kappa shape index (κ1) is 15.9. The van der Waals surface area contributed by atoms with Gasteiger partial charge in [-0.15, -0.1) is 0 Å². The average Bonchev–Trinajstić information content (AvgIpc) is 2.68. The zero-order valence-electron chi connectivity index (χ0n) is 11.7. The second kappa shape index (κ2) is 7.43. The molecule has 18 heavy (non-hydrogen) atoms. The van der Waals surface area contributed by atoms with E-state index in [4.69, 9.17) is 4.74 Å². The highest BCUT2D eigenvalue weighted by Gasteiger charge is 2.32. The highest BCUT2D eigenvalue weighted by molar-refractivity contribution is 7.91. The van der Waals surface area contributed by atoms with Crippen molar-refractivity contribution >= 4 is 9.84 Å². The van der Waals surface area contributed by atoms with Gasteiger partial charge in [0, 0.05) is 32.3 Å². The topological polar surface area (TPSA) is 58.6 Å². The summed E-state index contributed by atoms with van der Waals surface area (Å²) in [6.07, 6.45) is 1.78. The van der Waals surface area contributed by atoms with Crippen LogP contribution in [0.2, 0.25) is 0 Å². The minimum atomic E-state index is -2.79. The molecule has 1 rings (SSSR count). The van der Waals surface area contributed by atoms with Crippen molar-refractivity contribution in [1.29, 1.82) is 0 Å². The van der Waals surface area contributed by atoms with Crippen LogP contribution < -0.4 is 5.32 Å². The third-order valence-electron chi connectivity index (χ3n) is 3.62. The van der Waals surface area contributed by atoms with Crippen LogP contribution in [0.15, 0.2) is 0 Å². The summed E-state index contributed by atoms with van der Waals surface area (Å²) in [5.41, 5.74) is 0. The van der Waals surface area contributed by atoms with Crippen LogP contribution in [0.5, 0.6) is 0 Å². The number of hydrogen-bond acceptors (Lipinski definition) is 5. The summed E-state index contributed by atoms with van der Waals surface area (Å²) in [5, 5.41) is 3.37. The average molecular weight is 278 g/mol. The maximum atomic E-state index is 11.4. The molecule has 1 N–H and O–H groups in total. The number of likely N-dealkylation sites (N-methyl/N-ethyl adjacent to an activating group) is 1. The molecule has 1 aliphatic heterocycles. The van der Waals surface area contributed by atoms with Crippen LogP contribution in [0.25, 0.3) is 0 Å². The maximum absolute atomic E-state index is 11.4. The fourth-order valence-electron chi connectivity index (χ4n) is 2.25. The van der Waals surface area contributed by atoms with E-state index in [0.717, 1.165) is 32.5 Å². The molecule has 2 unspecified atom stereocenters. The van der Waals surface area contributed by atoms with Crippen molar-refractivity contribution in [1.82, 2.24) is 10.2 Å². The SMILES string of the molecule is COCCCNCC(C)N(C)C1CCS(=O)(=O)C1. The summed E-state index contributed by atoms with van der Waals surface area (Å²) >= 11 is 0. The summed E-state index contributed by atoms with van der Waals surface area (Å²) in [6, 6.07) is 0.539. The quantitative estimate of drug-likeness (QED) is 0.639. The van der Waals surface area contributed by atoms with Crippen LogP contribution in [0.1, 0.15) is 19.8 Å². The number of rotatable bonds is 8. The van der Waals surface area contributed by atoms with Gasteiger partial charge in [0.1, 0.15) is 0 Å². The zero-order chi connectivity index (χ0) is 13.6. The van der Waals surface area contributed by atoms with Crippen molar-refractivity contribution in [2.24, 2.45) is 0 Å². The summed E-state index contributed by atoms with van der Waals surface area (Å²) < 4.78 is 27.9. The van der Waals surface area contributed by atoms with Gasteiger partial charge in [-0.3, -0.25) is 4.90 Å². The number of nitrogens with one attached hydrogen (secondary N) is 1. The van der Waals surface area contributed by atoms with Gasteiger partial charge >= 0.3 is 0 Å². The lowest BCUT2D eigenvalue weighted by atomic mass is 10.2. The molecule has 5 nitrogen and oxygen atoms in total. The van der Waals surface area contributed by atoms with E-state index >= 15 is 0 Å². The normalized spacial score (nSPS) is 24.6. The van der Waals surface area contributed by atoms with E-state index in [0.29, 0.717) is 17.5 Å². The van der Waals surface area contributed by atoms with Crippen molar-refractivity contribution in [3.63, 3.8) is 0 Å². The molecule has 6 heteroatoms. The highest BCUT2D eigenvalue weighted by atomic mass is 32.2. The Bertz CT molecular complexity index is 332. The van der Waals surface area contributed by atoms with Crippen molar-refractivity contribution in [2.45, 2.75) is 31.8 Å². The first-order valence-electron chi connectivity index (χ1n) is 6.58. The lowest BCUT2D eigenvalue weighted by Gasteiger charge is -2.30. The third kappa shape index (κ3) is 5.22. The lowest BCUT2D eigenvalue weighted by Crippen LogP contribution is -2.44. The van der Waals surface area contributed by atoms with Crippen molar-refractivity contribution < 1.29 is 13.2 Å². The summed E-state index contributed by atoms with van der Waals surface area (Å²) in [4.78, 5) is 2.19. The number of ether oxygens (including phenoxy) is 1. The molecule has 0 spiro atoms. The summed E-state index contributed by atoms with van der Waals surface area (Å²) in [5.74, 6) is 0.660. The van der Waals surface area contributed by atoms with Crippen molar-refractivity contribution in [2.75, 3.05) is 45.4 Å². The predicted molar refractivity (Wildman–Crippen MR) is 73.6 cm³/mol. The molecule has 0 aliphatic carbocycles. The molecule has 1 saturated heterocycles. The van der Waals surface area contributed by atoms with Crippen LogP contribution in [-0.2, 0) is 14.6 Å². The van der Waals surface area contributed by atoms with Crippen LogP contribution >= 0.6 is 0 Å². The number of hydrogen-bond donors (Lipinski definition) is 1. The number of sulfone groups is 1. The molecule has 2 atom stereocenters. The van der Waals surface area contributed by atoms with Gasteiger partial charge in [0.2, 0.25) is 0 Å². The van der Waals surface area contributed by atoms with Gasteiger partial charge in [0.25, 0.3) is 0 Å². The van der Waals surface area contributed by atoms with E-state index in [9.17, 15) is 8.42 Å². The fourth-order valence-corrected chi connectivity index (χ4v) is 4.04. The van der Waals surface area contributed by atoms with E-state index in [-0.39, 0.29) is 6.04 Å². The lowest BCUT2D eigenvalue weighted by molar-refractivity contribution is 0.183. The predicted octanol–water partition coefficient (Wildman–Crippen LogP) is 0.120. The molecular weight excluding hydrogens is 252 g/mol. The van der Waals surface area contributed by atoms with Gasteiger partial charge in [0.05, 0.1) is 11.5 Å². The van der Waals surface area contributed by atoms with Gasteiger partial charge in [0.15, 0.2) is 9.84 Å². The zero-order valence-corrected chi connectivity index (χ0v) is 12.5. The Morgan fingerprint density at radius 2 is 2.22 bits per heavy atom. The molecule has 108 valence electrons. The molecule has 1 fully saturated rings. The Morgan fingerprint density at radius 1 is 1.50 bits per heavy atom. The molecule has 0 aromatic carbocycles. The van der Waals surface area contributed by atoms with E-state index in [1.807, 2.05) is 7.05 Å². The van der Waals surface area contributed by atoms with Crippen LogP contribution in [-0.4, -0.2) is 70.8 Å². The Kier molecular flexibility index (Phi) is 6.55. The monoisotopic (exact) mass is 278 g/mol. The Morgan fingerprint density at radius 3 is 2.78 bits per heavy atom. The van der Waals surface area contributed by atoms with E-state index in [1.54, 1.807) is 7.11 Å². The third-order valence-corrected chi connectivity index (χ3v) is 5.37. The van der Waals surface area contributed by atoms with E-state index < -0.39 is 9.84 Å². The Hall–Kier alpha value is -0.170. The molecule has 0 amide bonds. The van der Waals surface area contributed by atoms with Gasteiger partial charge in [-0.1, -0.05) is 0 Å². The number of methoxy groups -OCH3 is 1. The molecule has 0 bridgehead atoms. The number of nitrogens with zero attached hydrogens (tertiary/aromatic N) is 1.